The van der Waals surface area contributed by atoms with Crippen molar-refractivity contribution < 1.29 is 0 Å². The molecule has 2 aromatic heterocycles. The summed E-state index contributed by atoms with van der Waals surface area (Å²) in [5, 5.41) is 14.2. The summed E-state index contributed by atoms with van der Waals surface area (Å²) in [6, 6.07) is 16.7. The lowest BCUT2D eigenvalue weighted by molar-refractivity contribution is 0.793. The molecule has 0 amide bonds. The Morgan fingerprint density at radius 3 is 2.77 bits per heavy atom. The molecule has 0 spiro atoms. The van der Waals surface area contributed by atoms with Crippen LogP contribution < -0.4 is 0 Å². The lowest BCUT2D eigenvalue weighted by Gasteiger charge is -2.06. The number of aryl methyl sites for hydroxylation is 2. The zero-order chi connectivity index (χ0) is 18.1. The Bertz CT molecular complexity index is 1160. The Balaban J connectivity index is 1.70. The molecule has 0 aliphatic heterocycles. The summed E-state index contributed by atoms with van der Waals surface area (Å²) in [7, 11) is 0. The van der Waals surface area contributed by atoms with Gasteiger partial charge in [0.1, 0.15) is 0 Å². The highest BCUT2D eigenvalue weighted by molar-refractivity contribution is 7.71. The zero-order valence-corrected chi connectivity index (χ0v) is 15.5. The van der Waals surface area contributed by atoms with Crippen molar-refractivity contribution in [2.75, 3.05) is 0 Å². The minimum absolute atomic E-state index is 0.487. The topological polar surface area (TPSA) is 61.8 Å². The van der Waals surface area contributed by atoms with E-state index in [1.54, 1.807) is 4.68 Å². The maximum atomic E-state index is 5.36. The summed E-state index contributed by atoms with van der Waals surface area (Å²) < 4.78 is 2.18. The number of fused-ring (bicyclic) bond motifs is 1. The number of nitrogens with zero attached hydrogens (tertiary/aromatic N) is 3. The first-order valence-corrected chi connectivity index (χ1v) is 8.86. The molecule has 6 heteroatoms. The lowest BCUT2D eigenvalue weighted by Crippen LogP contribution is -2.01. The van der Waals surface area contributed by atoms with E-state index in [1.165, 1.54) is 16.3 Å². The molecule has 130 valence electrons. The third-order valence-electron chi connectivity index (χ3n) is 4.45. The van der Waals surface area contributed by atoms with E-state index in [0.29, 0.717) is 11.2 Å². The van der Waals surface area contributed by atoms with Gasteiger partial charge in [0.25, 0.3) is 0 Å². The smallest absolute Gasteiger partial charge is 0.216 e. The highest BCUT2D eigenvalue weighted by Crippen LogP contribution is 2.21. The van der Waals surface area contributed by atoms with Crippen molar-refractivity contribution in [2.24, 2.45) is 5.10 Å². The molecule has 0 fully saturated rings. The highest BCUT2D eigenvalue weighted by Gasteiger charge is 2.09. The second-order valence-electron chi connectivity index (χ2n) is 6.35. The first-order chi connectivity index (χ1) is 12.6. The van der Waals surface area contributed by atoms with Gasteiger partial charge < -0.3 is 4.98 Å². The average Bonchev–Trinajstić information content (AvgIpc) is 3.15. The molecule has 0 aliphatic carbocycles. The average molecular weight is 361 g/mol. The molecule has 2 heterocycles. The number of hydrogen-bond donors (Lipinski definition) is 2. The summed E-state index contributed by atoms with van der Waals surface area (Å²) >= 11 is 5.36. The van der Waals surface area contributed by atoms with Crippen LogP contribution in [-0.2, 0) is 6.42 Å². The predicted molar refractivity (Wildman–Crippen MR) is 107 cm³/mol. The van der Waals surface area contributed by atoms with Crippen LogP contribution in [0, 0.1) is 18.6 Å². The van der Waals surface area contributed by atoms with Gasteiger partial charge in [-0.05, 0) is 48.5 Å². The fourth-order valence-corrected chi connectivity index (χ4v) is 3.37. The van der Waals surface area contributed by atoms with Crippen molar-refractivity contribution in [3.8, 4) is 0 Å². The van der Waals surface area contributed by atoms with Gasteiger partial charge in [0.15, 0.2) is 5.82 Å². The second kappa shape index (κ2) is 6.72. The van der Waals surface area contributed by atoms with Gasteiger partial charge in [-0.25, -0.2) is 0 Å². The molecule has 0 saturated heterocycles. The summed E-state index contributed by atoms with van der Waals surface area (Å²) in [6.07, 6.45) is 2.47. The van der Waals surface area contributed by atoms with Gasteiger partial charge >= 0.3 is 0 Å². The van der Waals surface area contributed by atoms with E-state index >= 15 is 0 Å². The number of aromatic nitrogens is 4. The van der Waals surface area contributed by atoms with Crippen molar-refractivity contribution in [2.45, 2.75) is 20.3 Å². The number of H-pyrrole nitrogens is 2. The van der Waals surface area contributed by atoms with E-state index in [-0.39, 0.29) is 0 Å². The minimum Gasteiger partial charge on any atom is -0.362 e. The number of aromatic amines is 2. The summed E-state index contributed by atoms with van der Waals surface area (Å²) in [4.78, 5) is 3.28. The Labute approximate surface area is 156 Å². The zero-order valence-electron chi connectivity index (χ0n) is 14.7. The number of hydrogen-bond acceptors (Lipinski definition) is 3. The summed E-state index contributed by atoms with van der Waals surface area (Å²) in [5.41, 5.74) is 4.43. The van der Waals surface area contributed by atoms with E-state index in [2.05, 4.69) is 62.7 Å². The van der Waals surface area contributed by atoms with Crippen molar-refractivity contribution in [3.63, 3.8) is 0 Å². The van der Waals surface area contributed by atoms with Crippen molar-refractivity contribution in [1.82, 2.24) is 19.9 Å². The molecule has 0 saturated carbocycles. The van der Waals surface area contributed by atoms with Gasteiger partial charge in [-0.3, -0.25) is 5.10 Å². The molecule has 0 aliphatic rings. The van der Waals surface area contributed by atoms with Crippen LogP contribution in [0.5, 0.6) is 0 Å². The molecule has 26 heavy (non-hydrogen) atoms. The maximum Gasteiger partial charge on any atom is 0.216 e. The molecule has 0 unspecified atom stereocenters. The molecular weight excluding hydrogens is 342 g/mol. The quantitative estimate of drug-likeness (QED) is 0.415. The number of rotatable bonds is 4. The van der Waals surface area contributed by atoms with Crippen LogP contribution in [0.1, 0.15) is 28.3 Å². The Hall–Kier alpha value is -2.99. The predicted octanol–water partition coefficient (Wildman–Crippen LogP) is 4.51. The van der Waals surface area contributed by atoms with Gasteiger partial charge in [0, 0.05) is 23.4 Å². The largest absolute Gasteiger partial charge is 0.362 e. The minimum atomic E-state index is 0.487. The molecule has 2 N–H and O–H groups in total. The fraction of sp³-hybridized carbons (Fsp3) is 0.150. The molecule has 0 atom stereocenters. The van der Waals surface area contributed by atoms with Crippen LogP contribution in [0.4, 0.5) is 0 Å². The van der Waals surface area contributed by atoms with Crippen molar-refractivity contribution in [1.29, 1.82) is 0 Å². The van der Waals surface area contributed by atoms with E-state index in [4.69, 9.17) is 12.2 Å². The first-order valence-electron chi connectivity index (χ1n) is 8.45. The monoisotopic (exact) mass is 361 g/mol. The van der Waals surface area contributed by atoms with E-state index in [9.17, 15) is 0 Å². The van der Waals surface area contributed by atoms with Crippen molar-refractivity contribution >= 4 is 29.2 Å². The normalized spacial score (nSPS) is 11.6. The van der Waals surface area contributed by atoms with Gasteiger partial charge in [0.2, 0.25) is 4.77 Å². The van der Waals surface area contributed by atoms with Crippen LogP contribution in [0.3, 0.4) is 0 Å². The molecule has 2 aromatic carbocycles. The van der Waals surface area contributed by atoms with Crippen LogP contribution in [0.15, 0.2) is 53.6 Å². The van der Waals surface area contributed by atoms with Gasteiger partial charge in [0.05, 0.1) is 6.21 Å². The molecule has 4 rings (SSSR count). The van der Waals surface area contributed by atoms with Crippen molar-refractivity contribution in [3.05, 3.63) is 81.6 Å². The van der Waals surface area contributed by atoms with Gasteiger partial charge in [-0.15, -0.1) is 0 Å². The third kappa shape index (κ3) is 3.11. The van der Waals surface area contributed by atoms with E-state index < -0.39 is 0 Å². The van der Waals surface area contributed by atoms with E-state index in [0.717, 1.165) is 22.8 Å². The lowest BCUT2D eigenvalue weighted by atomic mass is 10.0. The van der Waals surface area contributed by atoms with Crippen LogP contribution in [-0.4, -0.2) is 26.1 Å². The summed E-state index contributed by atoms with van der Waals surface area (Å²) in [5.74, 6) is 0.785. The Morgan fingerprint density at radius 1 is 1.15 bits per heavy atom. The van der Waals surface area contributed by atoms with Gasteiger partial charge in [-0.2, -0.15) is 14.9 Å². The maximum absolute atomic E-state index is 5.36. The molecule has 0 bridgehead atoms. The number of benzene rings is 2. The summed E-state index contributed by atoms with van der Waals surface area (Å²) in [6.45, 7) is 4.06. The number of nitrogens with one attached hydrogen (secondary N) is 2. The van der Waals surface area contributed by atoms with Crippen LogP contribution in [0.25, 0.3) is 10.8 Å². The molecule has 5 nitrogen and oxygen atoms in total. The molecule has 4 aromatic rings. The van der Waals surface area contributed by atoms with E-state index in [1.807, 2.05) is 26.1 Å². The second-order valence-corrected chi connectivity index (χ2v) is 6.74. The SMILES string of the molecule is Cc1cc(/C=N/n2c(Cc3cccc4ccccc34)n[nH]c2=S)c(C)[nH]1. The highest BCUT2D eigenvalue weighted by atomic mass is 32.1. The third-order valence-corrected chi connectivity index (χ3v) is 4.71. The Kier molecular flexibility index (Phi) is 4.26. The van der Waals surface area contributed by atoms with Crippen LogP contribution >= 0.6 is 12.2 Å². The van der Waals surface area contributed by atoms with Gasteiger partial charge in [-0.1, -0.05) is 42.5 Å². The molecular formula is C20H19N5S. The first kappa shape index (κ1) is 16.5. The Morgan fingerprint density at radius 2 is 1.96 bits per heavy atom. The molecule has 0 radical (unpaired) electrons. The standard InChI is InChI=1S/C20H19N5S/c1-13-10-17(14(2)22-13)12-21-25-19(23-24-20(25)26)11-16-8-5-7-15-6-3-4-9-18(15)16/h3-10,12,22H,11H2,1-2H3,(H,24,26)/b21-12+. The van der Waals surface area contributed by atoms with Crippen LogP contribution in [0.2, 0.25) is 0 Å². The fourth-order valence-electron chi connectivity index (χ4n) is 3.17.